The Kier molecular flexibility index (Phi) is 5.59. The summed E-state index contributed by atoms with van der Waals surface area (Å²) in [7, 11) is 0. The number of carbonyl (C=O) groups is 2. The molecule has 2 aromatic carbocycles. The lowest BCUT2D eigenvalue weighted by atomic mass is 9.73. The SMILES string of the molecule is CC(C)Oc1ccc(C2CC(=O)C3=C(C2)NC(=O)CC3c2cccc(Br)c2)cc1. The second-order valence-corrected chi connectivity index (χ2v) is 8.93. The molecular weight excluding hydrogens is 430 g/mol. The number of carbonyl (C=O) groups excluding carboxylic acids is 2. The molecular formula is C24H24BrNO3. The van der Waals surface area contributed by atoms with E-state index in [1.807, 2.05) is 62.4 Å². The number of ether oxygens (including phenoxy) is 1. The van der Waals surface area contributed by atoms with Gasteiger partial charge in [-0.3, -0.25) is 9.59 Å². The number of halogens is 1. The van der Waals surface area contributed by atoms with Crippen LogP contribution in [0.4, 0.5) is 0 Å². The summed E-state index contributed by atoms with van der Waals surface area (Å²) in [6, 6.07) is 15.8. The van der Waals surface area contributed by atoms with Crippen LogP contribution in [0.5, 0.6) is 5.75 Å². The summed E-state index contributed by atoms with van der Waals surface area (Å²) in [4.78, 5) is 25.6. The van der Waals surface area contributed by atoms with Crippen molar-refractivity contribution in [3.05, 3.63) is 75.4 Å². The van der Waals surface area contributed by atoms with Crippen LogP contribution in [0.25, 0.3) is 0 Å². The van der Waals surface area contributed by atoms with Crippen LogP contribution in [0.2, 0.25) is 0 Å². The van der Waals surface area contributed by atoms with Crippen molar-refractivity contribution in [2.75, 3.05) is 0 Å². The number of allylic oxidation sites excluding steroid dienone is 2. The molecule has 2 aromatic rings. The van der Waals surface area contributed by atoms with Gasteiger partial charge in [0.25, 0.3) is 0 Å². The van der Waals surface area contributed by atoms with Gasteiger partial charge in [-0.15, -0.1) is 0 Å². The molecule has 1 aliphatic carbocycles. The van der Waals surface area contributed by atoms with E-state index in [9.17, 15) is 9.59 Å². The summed E-state index contributed by atoms with van der Waals surface area (Å²) >= 11 is 3.50. The fourth-order valence-corrected chi connectivity index (χ4v) is 4.71. The van der Waals surface area contributed by atoms with Gasteiger partial charge >= 0.3 is 0 Å². The molecule has 0 bridgehead atoms. The highest BCUT2D eigenvalue weighted by atomic mass is 79.9. The van der Waals surface area contributed by atoms with Gasteiger partial charge in [0.05, 0.1) is 6.10 Å². The number of ketones is 1. The van der Waals surface area contributed by atoms with Crippen LogP contribution in [0.3, 0.4) is 0 Å². The first kappa shape index (κ1) is 19.9. The first-order valence-corrected chi connectivity index (χ1v) is 10.8. The van der Waals surface area contributed by atoms with Crippen LogP contribution in [-0.2, 0) is 9.59 Å². The Balaban J connectivity index is 1.62. The Labute approximate surface area is 179 Å². The molecule has 0 saturated heterocycles. The zero-order valence-corrected chi connectivity index (χ0v) is 18.2. The van der Waals surface area contributed by atoms with Crippen LogP contribution in [0.1, 0.15) is 56.1 Å². The van der Waals surface area contributed by atoms with Crippen molar-refractivity contribution in [1.29, 1.82) is 0 Å². The summed E-state index contributed by atoms with van der Waals surface area (Å²) in [5.41, 5.74) is 3.66. The van der Waals surface area contributed by atoms with Crippen molar-refractivity contribution in [1.82, 2.24) is 5.32 Å². The summed E-state index contributed by atoms with van der Waals surface area (Å²) in [5.74, 6) is 0.820. The number of nitrogens with one attached hydrogen (secondary N) is 1. The van der Waals surface area contributed by atoms with Crippen molar-refractivity contribution in [3.63, 3.8) is 0 Å². The van der Waals surface area contributed by atoms with E-state index in [2.05, 4.69) is 21.2 Å². The largest absolute Gasteiger partial charge is 0.491 e. The van der Waals surface area contributed by atoms with E-state index in [4.69, 9.17) is 4.74 Å². The molecule has 1 amide bonds. The first-order valence-electron chi connectivity index (χ1n) is 9.99. The average molecular weight is 454 g/mol. The molecule has 1 heterocycles. The van der Waals surface area contributed by atoms with Gasteiger partial charge in [0.1, 0.15) is 5.75 Å². The molecule has 1 aliphatic heterocycles. The highest BCUT2D eigenvalue weighted by Gasteiger charge is 2.38. The van der Waals surface area contributed by atoms with Crippen molar-refractivity contribution >= 4 is 27.6 Å². The van der Waals surface area contributed by atoms with Gasteiger partial charge in [-0.05, 0) is 61.6 Å². The number of rotatable bonds is 4. The van der Waals surface area contributed by atoms with E-state index < -0.39 is 0 Å². The van der Waals surface area contributed by atoms with E-state index in [0.717, 1.165) is 32.6 Å². The molecule has 0 aromatic heterocycles. The summed E-state index contributed by atoms with van der Waals surface area (Å²) in [6.45, 7) is 3.99. The normalized spacial score (nSPS) is 21.8. The fourth-order valence-electron chi connectivity index (χ4n) is 4.29. The smallest absolute Gasteiger partial charge is 0.225 e. The topological polar surface area (TPSA) is 55.4 Å². The van der Waals surface area contributed by atoms with Gasteiger partial charge in [0.2, 0.25) is 5.91 Å². The molecule has 2 aliphatic rings. The van der Waals surface area contributed by atoms with Crippen molar-refractivity contribution < 1.29 is 14.3 Å². The molecule has 0 saturated carbocycles. The van der Waals surface area contributed by atoms with E-state index >= 15 is 0 Å². The number of Topliss-reactive ketones (excluding diaryl/α,β-unsaturated/α-hetero) is 1. The molecule has 2 atom stereocenters. The molecule has 2 unspecified atom stereocenters. The van der Waals surface area contributed by atoms with Crippen LogP contribution in [0.15, 0.2) is 64.3 Å². The highest BCUT2D eigenvalue weighted by Crippen LogP contribution is 2.43. The zero-order chi connectivity index (χ0) is 20.5. The van der Waals surface area contributed by atoms with E-state index in [0.29, 0.717) is 19.3 Å². The minimum Gasteiger partial charge on any atom is -0.491 e. The van der Waals surface area contributed by atoms with Gasteiger partial charge in [-0.25, -0.2) is 0 Å². The van der Waals surface area contributed by atoms with Crippen molar-refractivity contribution in [2.45, 2.75) is 51.0 Å². The van der Waals surface area contributed by atoms with Gasteiger partial charge in [0.15, 0.2) is 5.78 Å². The van der Waals surface area contributed by atoms with Crippen molar-refractivity contribution in [3.8, 4) is 5.75 Å². The Morgan fingerprint density at radius 2 is 1.76 bits per heavy atom. The van der Waals surface area contributed by atoms with Crippen LogP contribution in [-0.4, -0.2) is 17.8 Å². The maximum Gasteiger partial charge on any atom is 0.225 e. The van der Waals surface area contributed by atoms with Gasteiger partial charge in [0, 0.05) is 34.5 Å². The summed E-state index contributed by atoms with van der Waals surface area (Å²) in [5, 5.41) is 2.98. The van der Waals surface area contributed by atoms with Gasteiger partial charge < -0.3 is 10.1 Å². The lowest BCUT2D eigenvalue weighted by molar-refractivity contribution is -0.122. The minimum atomic E-state index is -0.175. The second-order valence-electron chi connectivity index (χ2n) is 8.02. The molecule has 29 heavy (non-hydrogen) atoms. The van der Waals surface area contributed by atoms with Crippen LogP contribution >= 0.6 is 15.9 Å². The molecule has 1 N–H and O–H groups in total. The fraction of sp³-hybridized carbons (Fsp3) is 0.333. The van der Waals surface area contributed by atoms with Gasteiger partial charge in [-0.2, -0.15) is 0 Å². The Morgan fingerprint density at radius 1 is 1.00 bits per heavy atom. The molecule has 5 heteroatoms. The van der Waals surface area contributed by atoms with E-state index in [-0.39, 0.29) is 29.6 Å². The summed E-state index contributed by atoms with van der Waals surface area (Å²) < 4.78 is 6.66. The third-order valence-electron chi connectivity index (χ3n) is 5.51. The predicted molar refractivity (Wildman–Crippen MR) is 116 cm³/mol. The molecule has 4 rings (SSSR count). The molecule has 150 valence electrons. The minimum absolute atomic E-state index is 0.0251. The zero-order valence-electron chi connectivity index (χ0n) is 16.6. The molecule has 0 fully saturated rings. The maximum absolute atomic E-state index is 13.2. The lowest BCUT2D eigenvalue weighted by Crippen LogP contribution is -2.38. The molecule has 4 nitrogen and oxygen atoms in total. The third-order valence-corrected chi connectivity index (χ3v) is 6.00. The standard InChI is InChI=1S/C24H24BrNO3/c1-14(2)29-19-8-6-15(7-9-19)17-11-21-24(22(27)12-17)20(13-23(28)26-21)16-4-3-5-18(25)10-16/h3-10,14,17,20H,11-13H2,1-2H3,(H,26,28). The van der Waals surface area contributed by atoms with Crippen molar-refractivity contribution in [2.24, 2.45) is 0 Å². The van der Waals surface area contributed by atoms with E-state index in [1.165, 1.54) is 0 Å². The first-order chi connectivity index (χ1) is 13.9. The number of hydrogen-bond acceptors (Lipinski definition) is 3. The molecule has 0 radical (unpaired) electrons. The second kappa shape index (κ2) is 8.15. The molecule has 0 spiro atoms. The van der Waals surface area contributed by atoms with Crippen LogP contribution in [0, 0.1) is 0 Å². The quantitative estimate of drug-likeness (QED) is 0.688. The maximum atomic E-state index is 13.2. The van der Waals surface area contributed by atoms with Crippen LogP contribution < -0.4 is 10.1 Å². The Hall–Kier alpha value is -2.40. The number of amides is 1. The highest BCUT2D eigenvalue weighted by molar-refractivity contribution is 9.10. The predicted octanol–water partition coefficient (Wildman–Crippen LogP) is 5.24. The number of hydrogen-bond donors (Lipinski definition) is 1. The summed E-state index contributed by atoms with van der Waals surface area (Å²) in [6.07, 6.45) is 1.57. The third kappa shape index (κ3) is 4.30. The van der Waals surface area contributed by atoms with Gasteiger partial charge in [-0.1, -0.05) is 40.2 Å². The van der Waals surface area contributed by atoms with E-state index in [1.54, 1.807) is 0 Å². The Bertz CT molecular complexity index is 978. The lowest BCUT2D eigenvalue weighted by Gasteiger charge is -2.34. The number of benzene rings is 2. The monoisotopic (exact) mass is 453 g/mol. The Morgan fingerprint density at radius 3 is 2.45 bits per heavy atom. The average Bonchev–Trinajstić information content (AvgIpc) is 2.67.